The molecule has 3 N–H and O–H groups in total. The number of carbonyl (C=O) groups is 3. The van der Waals surface area contributed by atoms with Crippen LogP contribution in [0.5, 0.6) is 0 Å². The van der Waals surface area contributed by atoms with Gasteiger partial charge in [0.1, 0.15) is 24.6 Å². The predicted molar refractivity (Wildman–Crippen MR) is 97.8 cm³/mol. The van der Waals surface area contributed by atoms with Gasteiger partial charge < -0.3 is 24.8 Å². The van der Waals surface area contributed by atoms with E-state index in [0.29, 0.717) is 6.29 Å². The van der Waals surface area contributed by atoms with E-state index in [1.807, 2.05) is 0 Å². The Morgan fingerprint density at radius 3 is 2.54 bits per heavy atom. The van der Waals surface area contributed by atoms with Crippen molar-refractivity contribution in [2.45, 2.75) is 31.7 Å². The number of aliphatic hydroxyl groups excluding tert-OH is 3. The highest BCUT2D eigenvalue weighted by Crippen LogP contribution is 2.55. The minimum absolute atomic E-state index is 0.00900. The topological polar surface area (TPSA) is 130 Å². The summed E-state index contributed by atoms with van der Waals surface area (Å²) in [7, 11) is 0. The summed E-state index contributed by atoms with van der Waals surface area (Å²) in [4.78, 5) is 35.9. The van der Waals surface area contributed by atoms with Crippen LogP contribution in [0, 0.1) is 17.3 Å². The summed E-state index contributed by atoms with van der Waals surface area (Å²) < 4.78 is 10.8. The second-order valence-corrected chi connectivity index (χ2v) is 7.33. The summed E-state index contributed by atoms with van der Waals surface area (Å²) >= 11 is 0. The van der Waals surface area contributed by atoms with Crippen LogP contribution in [0.3, 0.4) is 0 Å². The molecule has 2 rings (SSSR count). The lowest BCUT2D eigenvalue weighted by Gasteiger charge is -2.48. The van der Waals surface area contributed by atoms with Gasteiger partial charge in [-0.3, -0.25) is 4.79 Å². The van der Waals surface area contributed by atoms with E-state index < -0.39 is 54.1 Å². The average Bonchev–Trinajstić information content (AvgIpc) is 2.94. The molecule has 152 valence electrons. The molecule has 6 atom stereocenters. The second kappa shape index (κ2) is 7.73. The average molecular weight is 392 g/mol. The van der Waals surface area contributed by atoms with Crippen molar-refractivity contribution in [2.75, 3.05) is 6.61 Å². The van der Waals surface area contributed by atoms with E-state index in [0.717, 1.165) is 0 Å². The van der Waals surface area contributed by atoms with Crippen molar-refractivity contribution in [1.82, 2.24) is 0 Å². The second-order valence-electron chi connectivity index (χ2n) is 7.33. The lowest BCUT2D eigenvalue weighted by molar-refractivity contribution is -0.162. The first kappa shape index (κ1) is 21.6. The van der Waals surface area contributed by atoms with Crippen LogP contribution >= 0.6 is 0 Å². The van der Waals surface area contributed by atoms with Crippen LogP contribution in [0.1, 0.15) is 13.3 Å². The molecule has 1 heterocycles. The zero-order valence-corrected chi connectivity index (χ0v) is 15.6. The van der Waals surface area contributed by atoms with E-state index in [2.05, 4.69) is 26.3 Å². The first-order valence-corrected chi connectivity index (χ1v) is 8.60. The van der Waals surface area contributed by atoms with E-state index >= 15 is 0 Å². The summed E-state index contributed by atoms with van der Waals surface area (Å²) in [6.45, 7) is 15.3. The number of rotatable bonds is 7. The van der Waals surface area contributed by atoms with Crippen LogP contribution in [0.25, 0.3) is 0 Å². The minimum Gasteiger partial charge on any atom is -0.512 e. The molecule has 0 aromatic heterocycles. The van der Waals surface area contributed by atoms with Crippen LogP contribution in [0.4, 0.5) is 0 Å². The number of aliphatic hydroxyl groups is 3. The molecule has 1 saturated heterocycles. The van der Waals surface area contributed by atoms with Crippen LogP contribution in [-0.2, 0) is 23.9 Å². The summed E-state index contributed by atoms with van der Waals surface area (Å²) in [6, 6.07) is 0. The minimum atomic E-state index is -1.50. The molecule has 1 saturated carbocycles. The number of hydrogen-bond acceptors (Lipinski definition) is 8. The number of carbonyl (C=O) groups excluding carboxylic acids is 3. The molecule has 0 unspecified atom stereocenters. The van der Waals surface area contributed by atoms with Gasteiger partial charge in [0, 0.05) is 16.9 Å². The number of fused-ring (bicyclic) bond motifs is 1. The fourth-order valence-corrected chi connectivity index (χ4v) is 3.92. The first-order valence-electron chi connectivity index (χ1n) is 8.60. The van der Waals surface area contributed by atoms with Crippen molar-refractivity contribution in [3.8, 4) is 0 Å². The van der Waals surface area contributed by atoms with E-state index in [9.17, 15) is 24.6 Å². The maximum atomic E-state index is 12.3. The molecule has 8 nitrogen and oxygen atoms in total. The quantitative estimate of drug-likeness (QED) is 0.251. The maximum absolute atomic E-state index is 12.3. The van der Waals surface area contributed by atoms with Gasteiger partial charge in [-0.1, -0.05) is 33.2 Å². The van der Waals surface area contributed by atoms with E-state index in [1.165, 1.54) is 0 Å². The Labute approximate surface area is 162 Å². The molecule has 0 amide bonds. The van der Waals surface area contributed by atoms with Gasteiger partial charge in [-0.05, 0) is 12.0 Å². The Bertz CT molecular complexity index is 766. The third-order valence-electron chi connectivity index (χ3n) is 5.61. The standard InChI is InChI=1S/C20H24O8/c1-9(7-21)16-17-15(11(3)19(26)28-17)14(6-20(16,5)12(4)23)27-18(25)10(2)13(24)8-22/h7,13-17,22-24H,1-4,6,8H2,5H3/t13-,14-,15+,16+,17-,20-/m0/s1. The summed E-state index contributed by atoms with van der Waals surface area (Å²) in [6.07, 6.45) is -2.93. The number of hydrogen-bond donors (Lipinski definition) is 3. The van der Waals surface area contributed by atoms with Crippen LogP contribution in [0.2, 0.25) is 0 Å². The molecular formula is C20H24O8. The largest absolute Gasteiger partial charge is 0.512 e. The Morgan fingerprint density at radius 2 is 2.04 bits per heavy atom. The fraction of sp³-hybridized carbons (Fsp3) is 0.450. The van der Waals surface area contributed by atoms with Crippen LogP contribution in [-0.4, -0.2) is 58.5 Å². The van der Waals surface area contributed by atoms with Gasteiger partial charge in [0.05, 0.1) is 23.9 Å². The van der Waals surface area contributed by atoms with E-state index in [-0.39, 0.29) is 28.9 Å². The Hall–Kier alpha value is -2.71. The molecule has 8 heteroatoms. The molecule has 0 radical (unpaired) electrons. The highest BCUT2D eigenvalue weighted by molar-refractivity contribution is 5.92. The normalized spacial score (nSPS) is 32.7. The fourth-order valence-electron chi connectivity index (χ4n) is 3.92. The van der Waals surface area contributed by atoms with Crippen molar-refractivity contribution >= 4 is 18.2 Å². The molecule has 1 aliphatic heterocycles. The molecule has 28 heavy (non-hydrogen) atoms. The highest BCUT2D eigenvalue weighted by Gasteiger charge is 2.60. The van der Waals surface area contributed by atoms with Crippen molar-refractivity contribution in [2.24, 2.45) is 17.3 Å². The number of aldehydes is 1. The Balaban J connectivity index is 2.46. The number of ether oxygens (including phenoxy) is 2. The number of allylic oxidation sites excluding steroid dienone is 1. The molecular weight excluding hydrogens is 368 g/mol. The van der Waals surface area contributed by atoms with Crippen molar-refractivity contribution in [3.63, 3.8) is 0 Å². The van der Waals surface area contributed by atoms with Crippen LogP contribution in [0.15, 0.2) is 48.8 Å². The molecule has 2 aliphatic rings. The summed E-state index contributed by atoms with van der Waals surface area (Å²) in [5.74, 6) is -3.55. The summed E-state index contributed by atoms with van der Waals surface area (Å²) in [5.41, 5.74) is -1.39. The van der Waals surface area contributed by atoms with E-state index in [1.54, 1.807) is 6.92 Å². The van der Waals surface area contributed by atoms with Crippen LogP contribution < -0.4 is 0 Å². The van der Waals surface area contributed by atoms with Gasteiger partial charge >= 0.3 is 11.9 Å². The van der Waals surface area contributed by atoms with Gasteiger partial charge in [-0.25, -0.2) is 9.59 Å². The van der Waals surface area contributed by atoms with E-state index in [4.69, 9.17) is 14.6 Å². The molecule has 0 bridgehead atoms. The molecule has 0 aromatic rings. The molecule has 0 spiro atoms. The van der Waals surface area contributed by atoms with Gasteiger partial charge in [-0.15, -0.1) is 0 Å². The molecule has 2 fully saturated rings. The van der Waals surface area contributed by atoms with Crippen molar-refractivity contribution in [1.29, 1.82) is 0 Å². The Morgan fingerprint density at radius 1 is 1.43 bits per heavy atom. The van der Waals surface area contributed by atoms with Crippen molar-refractivity contribution in [3.05, 3.63) is 48.8 Å². The van der Waals surface area contributed by atoms with Crippen molar-refractivity contribution < 1.29 is 39.2 Å². The third kappa shape index (κ3) is 3.41. The van der Waals surface area contributed by atoms with Gasteiger partial charge in [-0.2, -0.15) is 0 Å². The maximum Gasteiger partial charge on any atom is 0.336 e. The Kier molecular flexibility index (Phi) is 5.96. The SMILES string of the molecule is C=C1C(=O)O[C@H]2[C@H]1[C@@H](OC(=O)C(=C)[C@@H](O)CO)C[C@@](C)(C(=C)O)[C@@H]2C(=C)C=O. The predicted octanol–water partition coefficient (Wildman–Crippen LogP) is 0.758. The summed E-state index contributed by atoms with van der Waals surface area (Å²) in [5, 5.41) is 28.8. The molecule has 1 aliphatic carbocycles. The van der Waals surface area contributed by atoms with Gasteiger partial charge in [0.2, 0.25) is 0 Å². The van der Waals surface area contributed by atoms with Gasteiger partial charge in [0.15, 0.2) is 0 Å². The monoisotopic (exact) mass is 392 g/mol. The lowest BCUT2D eigenvalue weighted by atomic mass is 9.58. The third-order valence-corrected chi connectivity index (χ3v) is 5.61. The van der Waals surface area contributed by atoms with Gasteiger partial charge in [0.25, 0.3) is 0 Å². The molecule has 0 aromatic carbocycles. The zero-order chi connectivity index (χ0) is 21.4. The zero-order valence-electron chi connectivity index (χ0n) is 15.6. The number of esters is 2. The smallest absolute Gasteiger partial charge is 0.336 e. The highest BCUT2D eigenvalue weighted by atomic mass is 16.6. The lowest BCUT2D eigenvalue weighted by Crippen LogP contribution is -2.53. The first-order chi connectivity index (χ1) is 13.0.